The molecule has 0 saturated heterocycles. The summed E-state index contributed by atoms with van der Waals surface area (Å²) in [5.74, 6) is -0.598. The number of nitrogens with zero attached hydrogens (tertiary/aromatic N) is 2. The fourth-order valence-electron chi connectivity index (χ4n) is 2.85. The minimum atomic E-state index is -3.98. The van der Waals surface area contributed by atoms with Crippen LogP contribution >= 0.6 is 23.2 Å². The monoisotopic (exact) mass is 489 g/mol. The molecule has 0 aliphatic carbocycles. The highest BCUT2D eigenvalue weighted by Gasteiger charge is 2.27. The van der Waals surface area contributed by atoms with E-state index in [1.54, 1.807) is 48.5 Å². The van der Waals surface area contributed by atoms with E-state index in [1.807, 2.05) is 19.9 Å². The van der Waals surface area contributed by atoms with Gasteiger partial charge in [-0.25, -0.2) is 13.8 Å². The van der Waals surface area contributed by atoms with Crippen LogP contribution in [0.4, 0.5) is 5.69 Å². The van der Waals surface area contributed by atoms with Crippen molar-refractivity contribution in [1.82, 2.24) is 5.43 Å². The molecule has 0 fully saturated rings. The molecule has 0 aliphatic rings. The van der Waals surface area contributed by atoms with Crippen molar-refractivity contribution in [2.45, 2.75) is 18.7 Å². The van der Waals surface area contributed by atoms with Gasteiger partial charge in [0.25, 0.3) is 15.9 Å². The summed E-state index contributed by atoms with van der Waals surface area (Å²) in [5, 5.41) is 4.66. The zero-order valence-corrected chi connectivity index (χ0v) is 19.7. The quantitative estimate of drug-likeness (QED) is 0.376. The van der Waals surface area contributed by atoms with Gasteiger partial charge in [-0.05, 0) is 66.9 Å². The highest BCUT2D eigenvalue weighted by Crippen LogP contribution is 2.25. The third-order valence-corrected chi connectivity index (χ3v) is 7.27. The van der Waals surface area contributed by atoms with Crippen molar-refractivity contribution in [2.75, 3.05) is 10.8 Å². The number of carbonyl (C=O) groups is 1. The largest absolute Gasteiger partial charge is 0.271 e. The van der Waals surface area contributed by atoms with Crippen molar-refractivity contribution in [3.05, 3.63) is 93.5 Å². The smallest absolute Gasteiger partial charge is 0.264 e. The molecule has 6 nitrogen and oxygen atoms in total. The number of amides is 1. The maximum atomic E-state index is 13.3. The van der Waals surface area contributed by atoms with Crippen molar-refractivity contribution in [3.8, 4) is 0 Å². The van der Waals surface area contributed by atoms with Gasteiger partial charge in [0.1, 0.15) is 6.54 Å². The van der Waals surface area contributed by atoms with E-state index >= 15 is 0 Å². The fourth-order valence-corrected chi connectivity index (χ4v) is 4.59. The molecule has 3 aromatic rings. The molecule has 0 spiro atoms. The van der Waals surface area contributed by atoms with Crippen molar-refractivity contribution in [2.24, 2.45) is 5.10 Å². The first kappa shape index (κ1) is 23.8. The summed E-state index contributed by atoms with van der Waals surface area (Å²) >= 11 is 11.9. The van der Waals surface area contributed by atoms with E-state index in [0.717, 1.165) is 15.4 Å². The zero-order chi connectivity index (χ0) is 23.3. The molecule has 0 bridgehead atoms. The van der Waals surface area contributed by atoms with E-state index in [2.05, 4.69) is 10.5 Å². The number of sulfonamides is 1. The van der Waals surface area contributed by atoms with Crippen LogP contribution < -0.4 is 9.73 Å². The normalized spacial score (nSPS) is 11.5. The van der Waals surface area contributed by atoms with E-state index < -0.39 is 22.5 Å². The predicted octanol–water partition coefficient (Wildman–Crippen LogP) is 4.96. The Morgan fingerprint density at radius 2 is 1.69 bits per heavy atom. The molecule has 3 rings (SSSR count). The van der Waals surface area contributed by atoms with Gasteiger partial charge in [-0.1, -0.05) is 53.5 Å². The summed E-state index contributed by atoms with van der Waals surface area (Å²) < 4.78 is 27.7. The third-order valence-electron chi connectivity index (χ3n) is 4.74. The molecule has 0 aromatic heterocycles. The van der Waals surface area contributed by atoms with Crippen molar-refractivity contribution < 1.29 is 13.2 Å². The topological polar surface area (TPSA) is 78.8 Å². The second kappa shape index (κ2) is 10.2. The molecule has 0 heterocycles. The Labute approximate surface area is 197 Å². The van der Waals surface area contributed by atoms with E-state index in [4.69, 9.17) is 23.2 Å². The average Bonchev–Trinajstić information content (AvgIpc) is 2.77. The standard InChI is InChI=1S/C23H21Cl2N3O3S/c1-16-8-10-19(12-17(16)2)28(32(30,31)20-6-4-3-5-7-20)15-23(29)27-26-14-18-9-11-21(24)22(25)13-18/h3-14H,15H2,1-2H3,(H,27,29)/b26-14+. The maximum absolute atomic E-state index is 13.3. The Bertz CT molecular complexity index is 1260. The van der Waals surface area contributed by atoms with Crippen molar-refractivity contribution in [3.63, 3.8) is 0 Å². The molecule has 0 aliphatic heterocycles. The van der Waals surface area contributed by atoms with Gasteiger partial charge in [-0.3, -0.25) is 9.10 Å². The number of benzene rings is 3. The second-order valence-corrected chi connectivity index (χ2v) is 9.74. The molecule has 0 unspecified atom stereocenters. The predicted molar refractivity (Wildman–Crippen MR) is 129 cm³/mol. The van der Waals surface area contributed by atoms with Gasteiger partial charge < -0.3 is 0 Å². The highest BCUT2D eigenvalue weighted by molar-refractivity contribution is 7.92. The lowest BCUT2D eigenvalue weighted by Crippen LogP contribution is -2.39. The molecule has 0 atom stereocenters. The van der Waals surface area contributed by atoms with E-state index in [1.165, 1.54) is 18.3 Å². The van der Waals surface area contributed by atoms with Gasteiger partial charge in [0, 0.05) is 0 Å². The van der Waals surface area contributed by atoms with Crippen molar-refractivity contribution >= 4 is 51.0 Å². The number of hydrogen-bond donors (Lipinski definition) is 1. The summed E-state index contributed by atoms with van der Waals surface area (Å²) in [7, 11) is -3.98. The van der Waals surface area contributed by atoms with Crippen LogP contribution in [-0.4, -0.2) is 27.1 Å². The molecule has 1 N–H and O–H groups in total. The highest BCUT2D eigenvalue weighted by atomic mass is 35.5. The zero-order valence-electron chi connectivity index (χ0n) is 17.4. The summed E-state index contributed by atoms with van der Waals surface area (Å²) in [6.45, 7) is 3.37. The van der Waals surface area contributed by atoms with Crippen LogP contribution in [0.1, 0.15) is 16.7 Å². The van der Waals surface area contributed by atoms with E-state index in [9.17, 15) is 13.2 Å². The Balaban J connectivity index is 1.85. The SMILES string of the molecule is Cc1ccc(N(CC(=O)N/N=C/c2ccc(Cl)c(Cl)c2)S(=O)(=O)c2ccccc2)cc1C. The minimum Gasteiger partial charge on any atom is -0.271 e. The summed E-state index contributed by atoms with van der Waals surface area (Å²) in [6, 6.07) is 18.1. The molecule has 9 heteroatoms. The Morgan fingerprint density at radius 1 is 0.969 bits per heavy atom. The Kier molecular flexibility index (Phi) is 7.56. The molecule has 1 amide bonds. The Morgan fingerprint density at radius 3 is 2.34 bits per heavy atom. The molecule has 3 aromatic carbocycles. The first-order valence-corrected chi connectivity index (χ1v) is 11.8. The fraction of sp³-hybridized carbons (Fsp3) is 0.130. The van der Waals surface area contributed by atoms with Gasteiger partial charge in [0.05, 0.1) is 26.8 Å². The molecule has 32 heavy (non-hydrogen) atoms. The first-order chi connectivity index (χ1) is 15.2. The minimum absolute atomic E-state index is 0.0883. The van der Waals surface area contributed by atoms with Crippen LogP contribution in [0.3, 0.4) is 0 Å². The van der Waals surface area contributed by atoms with Gasteiger partial charge >= 0.3 is 0 Å². The molecular weight excluding hydrogens is 469 g/mol. The van der Waals surface area contributed by atoms with Gasteiger partial charge in [0.2, 0.25) is 0 Å². The number of aryl methyl sites for hydroxylation is 2. The third kappa shape index (κ3) is 5.68. The lowest BCUT2D eigenvalue weighted by molar-refractivity contribution is -0.119. The van der Waals surface area contributed by atoms with Crippen molar-refractivity contribution in [1.29, 1.82) is 0 Å². The van der Waals surface area contributed by atoms with Gasteiger partial charge in [-0.2, -0.15) is 5.10 Å². The van der Waals surface area contributed by atoms with E-state index in [0.29, 0.717) is 21.3 Å². The van der Waals surface area contributed by atoms with Crippen LogP contribution in [0.15, 0.2) is 76.7 Å². The van der Waals surface area contributed by atoms with Crippen LogP contribution in [0.5, 0.6) is 0 Å². The number of rotatable bonds is 7. The van der Waals surface area contributed by atoms with Gasteiger partial charge in [0.15, 0.2) is 0 Å². The molecule has 166 valence electrons. The number of anilines is 1. The first-order valence-electron chi connectivity index (χ1n) is 9.60. The maximum Gasteiger partial charge on any atom is 0.264 e. The Hall–Kier alpha value is -2.87. The average molecular weight is 490 g/mol. The number of hydrogen-bond acceptors (Lipinski definition) is 4. The summed E-state index contributed by atoms with van der Waals surface area (Å²) in [6.07, 6.45) is 1.40. The molecular formula is C23H21Cl2N3O3S. The van der Waals surface area contributed by atoms with Crippen LogP contribution in [-0.2, 0) is 14.8 Å². The summed E-state index contributed by atoms with van der Waals surface area (Å²) in [5.41, 5.74) is 5.31. The molecule has 0 saturated carbocycles. The number of nitrogens with one attached hydrogen (secondary N) is 1. The lowest BCUT2D eigenvalue weighted by atomic mass is 10.1. The number of halogens is 2. The van der Waals surface area contributed by atoms with Crippen LogP contribution in [0.25, 0.3) is 0 Å². The lowest BCUT2D eigenvalue weighted by Gasteiger charge is -2.24. The van der Waals surface area contributed by atoms with Gasteiger partial charge in [-0.15, -0.1) is 0 Å². The number of carbonyl (C=O) groups excluding carboxylic acids is 1. The second-order valence-electron chi connectivity index (χ2n) is 7.06. The summed E-state index contributed by atoms with van der Waals surface area (Å²) in [4.78, 5) is 12.7. The van der Waals surface area contributed by atoms with E-state index in [-0.39, 0.29) is 4.90 Å². The molecule has 0 radical (unpaired) electrons. The van der Waals surface area contributed by atoms with Crippen LogP contribution in [0, 0.1) is 13.8 Å². The number of hydrazone groups is 1. The van der Waals surface area contributed by atoms with Crippen LogP contribution in [0.2, 0.25) is 10.0 Å².